The highest BCUT2D eigenvalue weighted by Gasteiger charge is 2.53. The van der Waals surface area contributed by atoms with Gasteiger partial charge in [-0.1, -0.05) is 12.1 Å². The average Bonchev–Trinajstić information content (AvgIpc) is 3.81. The molecule has 1 amide bonds. The molecule has 276 valence electrons. The van der Waals surface area contributed by atoms with Gasteiger partial charge in [-0.3, -0.25) is 9.59 Å². The highest BCUT2D eigenvalue weighted by atomic mass is 16.7. The first-order valence-corrected chi connectivity index (χ1v) is 16.9. The first kappa shape index (κ1) is 35.5. The Bertz CT molecular complexity index is 2040. The normalized spacial score (nSPS) is 19.9. The lowest BCUT2D eigenvalue weighted by Crippen LogP contribution is -2.43. The molecule has 4 aromatic carbocycles. The number of ether oxygens (including phenoxy) is 7. The number of cyclic esters (lactones) is 1. The quantitative estimate of drug-likeness (QED) is 0.0973. The van der Waals surface area contributed by atoms with Gasteiger partial charge in [0.05, 0.1) is 60.2 Å². The number of methoxy groups -OCH3 is 4. The number of hydrogen-bond acceptors (Lipinski definition) is 12. The fraction of sp³-hybridized carbons (Fsp3) is 0.300. The number of aromatic hydroxyl groups is 1. The van der Waals surface area contributed by atoms with Crippen LogP contribution in [0.25, 0.3) is 11.6 Å². The van der Waals surface area contributed by atoms with Gasteiger partial charge in [-0.15, -0.1) is 0 Å². The van der Waals surface area contributed by atoms with Gasteiger partial charge in [0.25, 0.3) is 5.91 Å². The van der Waals surface area contributed by atoms with Crippen LogP contribution in [-0.2, 0) is 27.5 Å². The van der Waals surface area contributed by atoms with Crippen molar-refractivity contribution < 1.29 is 58.1 Å². The van der Waals surface area contributed by atoms with Gasteiger partial charge in [0.15, 0.2) is 34.5 Å². The third kappa shape index (κ3) is 6.31. The van der Waals surface area contributed by atoms with Crippen LogP contribution in [0.2, 0.25) is 0 Å². The van der Waals surface area contributed by atoms with E-state index in [1.165, 1.54) is 40.6 Å². The lowest BCUT2D eigenvalue weighted by molar-refractivity contribution is -0.141. The largest absolute Gasteiger partial charge is 0.508 e. The predicted molar refractivity (Wildman–Crippen MR) is 190 cm³/mol. The zero-order chi connectivity index (χ0) is 37.4. The number of amides is 1. The van der Waals surface area contributed by atoms with Crippen LogP contribution in [0.3, 0.4) is 0 Å². The van der Waals surface area contributed by atoms with Crippen LogP contribution in [0.15, 0.2) is 60.7 Å². The van der Waals surface area contributed by atoms with Gasteiger partial charge in [0.2, 0.25) is 6.79 Å². The topological polar surface area (TPSA) is 171 Å². The van der Waals surface area contributed by atoms with Crippen molar-refractivity contribution in [3.05, 3.63) is 99.6 Å². The minimum absolute atomic E-state index is 0.00580. The van der Waals surface area contributed by atoms with Gasteiger partial charge in [0.1, 0.15) is 5.75 Å². The number of phenols is 1. The summed E-state index contributed by atoms with van der Waals surface area (Å²) in [7, 11) is 5.91. The Morgan fingerprint density at radius 2 is 1.43 bits per heavy atom. The van der Waals surface area contributed by atoms with Crippen molar-refractivity contribution >= 4 is 23.5 Å². The van der Waals surface area contributed by atoms with Gasteiger partial charge < -0.3 is 53.8 Å². The van der Waals surface area contributed by atoms with Gasteiger partial charge >= 0.3 is 5.97 Å². The maximum Gasteiger partial charge on any atom is 0.310 e. The summed E-state index contributed by atoms with van der Waals surface area (Å²) in [4.78, 5) is 28.5. The molecular formula is C40H39NO12. The molecule has 3 aliphatic rings. The van der Waals surface area contributed by atoms with Gasteiger partial charge in [-0.05, 0) is 82.4 Å². The second-order valence-corrected chi connectivity index (χ2v) is 12.8. The molecule has 13 nitrogen and oxygen atoms in total. The Balaban J connectivity index is 1.38. The van der Waals surface area contributed by atoms with Crippen LogP contribution < -0.4 is 33.7 Å². The SMILES string of the molecule is COc1cc(/C(=C\c2ccc(O)cc2)C(=O)N[C@@H]2c3cc4c(cc3[C@@H](c3cc(CO)c(OC)c(OC)c3)[C@H]3C(=O)OC[C@@H]32)OCO4)cc(CO)c1OC. The number of carbonyl (C=O) groups is 2. The number of nitrogens with one attached hydrogen (secondary N) is 1. The van der Waals surface area contributed by atoms with E-state index >= 15 is 0 Å². The molecular weight excluding hydrogens is 686 g/mol. The molecule has 1 fully saturated rings. The Morgan fingerprint density at radius 1 is 0.811 bits per heavy atom. The average molecular weight is 726 g/mol. The van der Waals surface area contributed by atoms with E-state index in [1.807, 2.05) is 12.1 Å². The molecule has 7 rings (SSSR count). The van der Waals surface area contributed by atoms with Crippen molar-refractivity contribution in [3.8, 4) is 40.2 Å². The van der Waals surface area contributed by atoms with Crippen molar-refractivity contribution in [1.82, 2.24) is 5.32 Å². The molecule has 0 unspecified atom stereocenters. The fourth-order valence-electron chi connectivity index (χ4n) is 7.66. The van der Waals surface area contributed by atoms with E-state index in [0.29, 0.717) is 73.4 Å². The molecule has 2 aliphatic heterocycles. The maximum atomic E-state index is 14.7. The first-order valence-electron chi connectivity index (χ1n) is 16.9. The fourth-order valence-corrected chi connectivity index (χ4v) is 7.66. The summed E-state index contributed by atoms with van der Waals surface area (Å²) in [6, 6.07) is 16.1. The van der Waals surface area contributed by atoms with E-state index in [-0.39, 0.29) is 37.9 Å². The number of aliphatic hydroxyl groups excluding tert-OH is 2. The van der Waals surface area contributed by atoms with Crippen LogP contribution in [0.5, 0.6) is 40.2 Å². The summed E-state index contributed by atoms with van der Waals surface area (Å²) in [5.74, 6) is -0.341. The maximum absolute atomic E-state index is 14.7. The molecule has 2 heterocycles. The number of carbonyl (C=O) groups excluding carboxylic acids is 2. The molecule has 1 aliphatic carbocycles. The molecule has 1 saturated heterocycles. The summed E-state index contributed by atoms with van der Waals surface area (Å²) in [5, 5.41) is 33.7. The second-order valence-electron chi connectivity index (χ2n) is 12.8. The summed E-state index contributed by atoms with van der Waals surface area (Å²) in [6.45, 7) is -0.689. The molecule has 4 N–H and O–H groups in total. The number of fused-ring (bicyclic) bond motifs is 3. The number of benzene rings is 4. The third-order valence-corrected chi connectivity index (χ3v) is 10.1. The van der Waals surface area contributed by atoms with Crippen LogP contribution in [-0.4, -0.2) is 69.0 Å². The molecule has 0 spiro atoms. The lowest BCUT2D eigenvalue weighted by atomic mass is 9.65. The lowest BCUT2D eigenvalue weighted by Gasteiger charge is -2.39. The van der Waals surface area contributed by atoms with E-state index in [2.05, 4.69) is 5.32 Å². The standard InChI is InChI=1S/C40H39NO12/c1-47-32-12-21(10-23(16-42)37(32)49-3)26(9-20-5-7-25(44)8-6-20)39(45)41-36-28-15-31-30(52-19-53-31)14-27(28)34(35-29(36)18-51-40(35)46)22-11-24(17-43)38(50-4)33(13-22)48-2/h5-15,29,34-36,42-44H,16-19H2,1-4H3,(H,41,45)/b26-9+/t29-,34+,35-,36+/m0/s1. The van der Waals surface area contributed by atoms with E-state index in [4.69, 9.17) is 33.2 Å². The van der Waals surface area contributed by atoms with Crippen molar-refractivity contribution in [3.63, 3.8) is 0 Å². The van der Waals surface area contributed by atoms with Gasteiger partial charge in [-0.25, -0.2) is 0 Å². The van der Waals surface area contributed by atoms with Crippen molar-refractivity contribution in [1.29, 1.82) is 0 Å². The Hall–Kier alpha value is -5.92. The second kappa shape index (κ2) is 14.6. The highest BCUT2D eigenvalue weighted by Crippen LogP contribution is 2.55. The van der Waals surface area contributed by atoms with Crippen molar-refractivity contribution in [2.24, 2.45) is 11.8 Å². The van der Waals surface area contributed by atoms with E-state index in [0.717, 1.165) is 0 Å². The number of phenolic OH excluding ortho intramolecular Hbond substituents is 1. The molecule has 53 heavy (non-hydrogen) atoms. The Morgan fingerprint density at radius 3 is 2.06 bits per heavy atom. The van der Waals surface area contributed by atoms with Crippen LogP contribution in [0, 0.1) is 11.8 Å². The summed E-state index contributed by atoms with van der Waals surface area (Å²) >= 11 is 0. The minimum atomic E-state index is -0.746. The van der Waals surface area contributed by atoms with E-state index in [9.17, 15) is 24.9 Å². The smallest absolute Gasteiger partial charge is 0.310 e. The number of rotatable bonds is 11. The van der Waals surface area contributed by atoms with E-state index < -0.39 is 35.7 Å². The predicted octanol–water partition coefficient (Wildman–Crippen LogP) is 4.47. The Labute approximate surface area is 305 Å². The molecule has 0 radical (unpaired) electrons. The van der Waals surface area contributed by atoms with Crippen LogP contribution in [0.1, 0.15) is 50.9 Å². The Kier molecular flexibility index (Phi) is 9.78. The molecule has 4 aromatic rings. The van der Waals surface area contributed by atoms with Gasteiger partial charge in [0, 0.05) is 28.5 Å². The van der Waals surface area contributed by atoms with Gasteiger partial charge in [-0.2, -0.15) is 0 Å². The van der Waals surface area contributed by atoms with Crippen molar-refractivity contribution in [2.45, 2.75) is 25.2 Å². The summed E-state index contributed by atoms with van der Waals surface area (Å²) in [5.41, 5.74) is 4.21. The van der Waals surface area contributed by atoms with Crippen LogP contribution in [0.4, 0.5) is 0 Å². The number of aliphatic hydroxyl groups is 2. The zero-order valence-electron chi connectivity index (χ0n) is 29.5. The summed E-state index contributed by atoms with van der Waals surface area (Å²) < 4.78 is 39.6. The summed E-state index contributed by atoms with van der Waals surface area (Å²) in [6.07, 6.45) is 1.66. The zero-order valence-corrected chi connectivity index (χ0v) is 29.5. The first-order chi connectivity index (χ1) is 25.7. The van der Waals surface area contributed by atoms with Crippen molar-refractivity contribution in [2.75, 3.05) is 41.8 Å². The molecule has 4 atom stereocenters. The van der Waals surface area contributed by atoms with E-state index in [1.54, 1.807) is 42.5 Å². The monoisotopic (exact) mass is 725 g/mol. The molecule has 13 heteroatoms. The molecule has 0 saturated carbocycles. The molecule has 0 bridgehead atoms. The minimum Gasteiger partial charge on any atom is -0.508 e. The highest BCUT2D eigenvalue weighted by molar-refractivity contribution is 6.24. The molecule has 0 aromatic heterocycles. The van der Waals surface area contributed by atoms with Crippen LogP contribution >= 0.6 is 0 Å². The number of hydrogen-bond donors (Lipinski definition) is 4. The number of esters is 1. The third-order valence-electron chi connectivity index (χ3n) is 10.1.